The molecule has 0 aliphatic carbocycles. The molecule has 0 amide bonds. The van der Waals surface area contributed by atoms with Crippen molar-refractivity contribution in [3.05, 3.63) is 59.4 Å². The van der Waals surface area contributed by atoms with E-state index in [0.717, 1.165) is 0 Å². The van der Waals surface area contributed by atoms with Crippen molar-refractivity contribution in [2.45, 2.75) is 6.61 Å². The minimum Gasteiger partial charge on any atom is -0.494 e. The molecule has 3 N–H and O–H groups in total. The van der Waals surface area contributed by atoms with Crippen LogP contribution in [-0.4, -0.2) is 18.2 Å². The largest absolute Gasteiger partial charge is 0.494 e. The standard InChI is InChI=1S/C15H15FN2O3/c1-20-14-6-5-10(7-13(14)16)9-21-12-4-2-3-11(8-12)15(17)18-19/h2-8,19H,9H2,1H3,(H2,17,18). The zero-order valence-electron chi connectivity index (χ0n) is 11.4. The van der Waals surface area contributed by atoms with Crippen LogP contribution in [0.2, 0.25) is 0 Å². The smallest absolute Gasteiger partial charge is 0.170 e. The van der Waals surface area contributed by atoms with E-state index in [1.165, 1.54) is 13.2 Å². The highest BCUT2D eigenvalue weighted by Gasteiger charge is 2.05. The summed E-state index contributed by atoms with van der Waals surface area (Å²) in [7, 11) is 1.41. The fourth-order valence-electron chi connectivity index (χ4n) is 1.77. The highest BCUT2D eigenvalue weighted by atomic mass is 19.1. The van der Waals surface area contributed by atoms with Crippen LogP contribution >= 0.6 is 0 Å². The van der Waals surface area contributed by atoms with Gasteiger partial charge >= 0.3 is 0 Å². The summed E-state index contributed by atoms with van der Waals surface area (Å²) < 4.78 is 24.0. The van der Waals surface area contributed by atoms with E-state index in [2.05, 4.69) is 5.16 Å². The Morgan fingerprint density at radius 1 is 1.29 bits per heavy atom. The second kappa shape index (κ2) is 6.60. The summed E-state index contributed by atoms with van der Waals surface area (Å²) in [6.45, 7) is 0.195. The van der Waals surface area contributed by atoms with E-state index in [-0.39, 0.29) is 18.2 Å². The summed E-state index contributed by atoms with van der Waals surface area (Å²) >= 11 is 0. The highest BCUT2D eigenvalue weighted by Crippen LogP contribution is 2.20. The van der Waals surface area contributed by atoms with Gasteiger partial charge < -0.3 is 20.4 Å². The first-order valence-electron chi connectivity index (χ1n) is 6.17. The van der Waals surface area contributed by atoms with Crippen LogP contribution in [0.15, 0.2) is 47.6 Å². The number of halogens is 1. The summed E-state index contributed by atoms with van der Waals surface area (Å²) in [6.07, 6.45) is 0. The lowest BCUT2D eigenvalue weighted by molar-refractivity contribution is 0.304. The van der Waals surface area contributed by atoms with Gasteiger partial charge in [0.05, 0.1) is 7.11 Å². The Bertz CT molecular complexity index is 659. The summed E-state index contributed by atoms with van der Waals surface area (Å²) in [6, 6.07) is 11.4. The van der Waals surface area contributed by atoms with Crippen LogP contribution in [0.5, 0.6) is 11.5 Å². The average Bonchev–Trinajstić information content (AvgIpc) is 2.52. The molecule has 0 saturated heterocycles. The summed E-state index contributed by atoms with van der Waals surface area (Å²) in [5.41, 5.74) is 6.71. The number of hydrogen-bond donors (Lipinski definition) is 2. The number of amidine groups is 1. The topological polar surface area (TPSA) is 77.1 Å². The Morgan fingerprint density at radius 2 is 2.10 bits per heavy atom. The molecule has 0 heterocycles. The Labute approximate surface area is 121 Å². The van der Waals surface area contributed by atoms with Crippen molar-refractivity contribution in [2.24, 2.45) is 10.9 Å². The van der Waals surface area contributed by atoms with Crippen molar-refractivity contribution in [3.8, 4) is 11.5 Å². The summed E-state index contributed by atoms with van der Waals surface area (Å²) in [5, 5.41) is 11.6. The molecular weight excluding hydrogens is 275 g/mol. The van der Waals surface area contributed by atoms with E-state index in [9.17, 15) is 4.39 Å². The number of rotatable bonds is 5. The molecule has 2 aromatic carbocycles. The molecule has 6 heteroatoms. The van der Waals surface area contributed by atoms with Crippen molar-refractivity contribution in [1.82, 2.24) is 0 Å². The zero-order valence-corrected chi connectivity index (χ0v) is 11.4. The molecule has 0 aliphatic rings. The van der Waals surface area contributed by atoms with Crippen LogP contribution in [0.25, 0.3) is 0 Å². The van der Waals surface area contributed by atoms with Gasteiger partial charge in [0.1, 0.15) is 12.4 Å². The van der Waals surface area contributed by atoms with Gasteiger partial charge in [0.2, 0.25) is 0 Å². The Balaban J connectivity index is 2.08. The number of methoxy groups -OCH3 is 1. The Kier molecular flexibility index (Phi) is 4.61. The normalized spacial score (nSPS) is 11.2. The molecule has 0 aliphatic heterocycles. The van der Waals surface area contributed by atoms with Gasteiger partial charge in [0, 0.05) is 5.56 Å². The van der Waals surface area contributed by atoms with E-state index >= 15 is 0 Å². The quantitative estimate of drug-likeness (QED) is 0.384. The first kappa shape index (κ1) is 14.6. The number of benzene rings is 2. The van der Waals surface area contributed by atoms with E-state index in [1.54, 1.807) is 36.4 Å². The van der Waals surface area contributed by atoms with Crippen molar-refractivity contribution in [3.63, 3.8) is 0 Å². The Hall–Kier alpha value is -2.76. The third-order valence-corrected chi connectivity index (χ3v) is 2.86. The molecule has 0 radical (unpaired) electrons. The maximum absolute atomic E-state index is 13.6. The molecule has 0 fully saturated rings. The van der Waals surface area contributed by atoms with Crippen LogP contribution in [0.1, 0.15) is 11.1 Å². The maximum atomic E-state index is 13.6. The van der Waals surface area contributed by atoms with Gasteiger partial charge in [-0.2, -0.15) is 0 Å². The second-order valence-electron chi connectivity index (χ2n) is 4.27. The summed E-state index contributed by atoms with van der Waals surface area (Å²) in [5.74, 6) is 0.281. The first-order chi connectivity index (χ1) is 10.1. The molecule has 0 atom stereocenters. The molecule has 5 nitrogen and oxygen atoms in total. The number of oxime groups is 1. The number of nitrogens with two attached hydrogens (primary N) is 1. The SMILES string of the molecule is COc1ccc(COc2cccc(/C(N)=N/O)c2)cc1F. The van der Waals surface area contributed by atoms with Gasteiger partial charge in [-0.1, -0.05) is 23.4 Å². The number of ether oxygens (including phenoxy) is 2. The molecule has 0 aromatic heterocycles. The average molecular weight is 290 g/mol. The van der Waals surface area contributed by atoms with Crippen LogP contribution in [-0.2, 0) is 6.61 Å². The maximum Gasteiger partial charge on any atom is 0.170 e. The molecule has 2 rings (SSSR count). The van der Waals surface area contributed by atoms with Crippen LogP contribution in [0, 0.1) is 5.82 Å². The molecule has 0 bridgehead atoms. The zero-order chi connectivity index (χ0) is 15.2. The highest BCUT2D eigenvalue weighted by molar-refractivity contribution is 5.97. The minimum atomic E-state index is -0.441. The predicted molar refractivity (Wildman–Crippen MR) is 76.2 cm³/mol. The van der Waals surface area contributed by atoms with Gasteiger partial charge in [-0.15, -0.1) is 0 Å². The Morgan fingerprint density at radius 3 is 2.76 bits per heavy atom. The summed E-state index contributed by atoms with van der Waals surface area (Å²) in [4.78, 5) is 0. The van der Waals surface area contributed by atoms with Crippen molar-refractivity contribution in [1.29, 1.82) is 0 Å². The van der Waals surface area contributed by atoms with Crippen LogP contribution in [0.4, 0.5) is 4.39 Å². The lowest BCUT2D eigenvalue weighted by Crippen LogP contribution is -2.12. The molecule has 0 spiro atoms. The van der Waals surface area contributed by atoms with E-state index in [1.807, 2.05) is 0 Å². The van der Waals surface area contributed by atoms with Gasteiger partial charge in [-0.3, -0.25) is 0 Å². The fourth-order valence-corrected chi connectivity index (χ4v) is 1.77. The number of nitrogens with zero attached hydrogens (tertiary/aromatic N) is 1. The predicted octanol–water partition coefficient (Wildman–Crippen LogP) is 2.51. The van der Waals surface area contributed by atoms with E-state index in [4.69, 9.17) is 20.4 Å². The minimum absolute atomic E-state index is 0.00376. The van der Waals surface area contributed by atoms with Crippen molar-refractivity contribution < 1.29 is 19.1 Å². The van der Waals surface area contributed by atoms with Crippen molar-refractivity contribution in [2.75, 3.05) is 7.11 Å². The van der Waals surface area contributed by atoms with E-state index in [0.29, 0.717) is 16.9 Å². The van der Waals surface area contributed by atoms with Crippen LogP contribution < -0.4 is 15.2 Å². The van der Waals surface area contributed by atoms with Gasteiger partial charge in [-0.25, -0.2) is 4.39 Å². The fraction of sp³-hybridized carbons (Fsp3) is 0.133. The lowest BCUT2D eigenvalue weighted by Gasteiger charge is -2.09. The second-order valence-corrected chi connectivity index (χ2v) is 4.27. The third-order valence-electron chi connectivity index (χ3n) is 2.86. The molecule has 0 saturated carbocycles. The van der Waals surface area contributed by atoms with Gasteiger partial charge in [-0.05, 0) is 29.8 Å². The molecular formula is C15H15FN2O3. The first-order valence-corrected chi connectivity index (χ1v) is 6.17. The van der Waals surface area contributed by atoms with Gasteiger partial charge in [0.15, 0.2) is 17.4 Å². The monoisotopic (exact) mass is 290 g/mol. The van der Waals surface area contributed by atoms with Crippen molar-refractivity contribution >= 4 is 5.84 Å². The molecule has 21 heavy (non-hydrogen) atoms. The number of hydrogen-bond acceptors (Lipinski definition) is 4. The van der Waals surface area contributed by atoms with E-state index < -0.39 is 5.82 Å². The molecule has 110 valence electrons. The van der Waals surface area contributed by atoms with Crippen LogP contribution in [0.3, 0.4) is 0 Å². The molecule has 0 unspecified atom stereocenters. The lowest BCUT2D eigenvalue weighted by atomic mass is 10.2. The third kappa shape index (κ3) is 3.62. The van der Waals surface area contributed by atoms with Gasteiger partial charge in [0.25, 0.3) is 0 Å². The molecule has 2 aromatic rings.